The molecule has 0 radical (unpaired) electrons. The minimum atomic E-state index is -0.401. The third-order valence-corrected chi connectivity index (χ3v) is 2.08. The first-order valence-electron chi connectivity index (χ1n) is 4.49. The van der Waals surface area contributed by atoms with Crippen molar-refractivity contribution in [3.63, 3.8) is 0 Å². The first-order valence-corrected chi connectivity index (χ1v) is 4.87. The van der Waals surface area contributed by atoms with Crippen LogP contribution in [-0.2, 0) is 11.2 Å². The molecule has 1 rings (SSSR count). The van der Waals surface area contributed by atoms with E-state index in [4.69, 9.17) is 11.6 Å². The van der Waals surface area contributed by atoms with E-state index in [-0.39, 0.29) is 12.3 Å². The lowest BCUT2D eigenvalue weighted by atomic mass is 10.1. The lowest BCUT2D eigenvalue weighted by molar-refractivity contribution is -0.111. The summed E-state index contributed by atoms with van der Waals surface area (Å²) in [6.07, 6.45) is 0.192. The summed E-state index contributed by atoms with van der Waals surface area (Å²) in [6.45, 7) is 0. The number of hydrogen-bond acceptors (Lipinski definition) is 2. The second-order valence-corrected chi connectivity index (χ2v) is 3.85. The highest BCUT2D eigenvalue weighted by molar-refractivity contribution is 6.63. The summed E-state index contributed by atoms with van der Waals surface area (Å²) in [5.41, 5.74) is 1.41. The normalized spacial score (nSPS) is 9.80. The average molecular weight is 226 g/mol. The quantitative estimate of drug-likeness (QED) is 0.735. The summed E-state index contributed by atoms with van der Waals surface area (Å²) in [7, 11) is 3.39. The molecule has 0 aromatic heterocycles. The number of nitrogens with zero attached hydrogens (tertiary/aromatic N) is 1. The second-order valence-electron chi connectivity index (χ2n) is 3.43. The van der Waals surface area contributed by atoms with Gasteiger partial charge in [0.25, 0.3) is 5.91 Å². The molecule has 4 heteroatoms. The Kier molecular flexibility index (Phi) is 3.86. The maximum Gasteiger partial charge on any atom is 0.253 e. The van der Waals surface area contributed by atoms with Crippen molar-refractivity contribution in [3.05, 3.63) is 35.4 Å². The first-order chi connectivity index (χ1) is 7.00. The Balaban J connectivity index is 2.81. The molecule has 0 unspecified atom stereocenters. The lowest BCUT2D eigenvalue weighted by Gasteiger charge is -2.10. The van der Waals surface area contributed by atoms with Gasteiger partial charge in [-0.25, -0.2) is 0 Å². The Morgan fingerprint density at radius 3 is 2.13 bits per heavy atom. The number of carbonyl (C=O) groups is 2. The molecule has 80 valence electrons. The monoisotopic (exact) mass is 225 g/mol. The summed E-state index contributed by atoms with van der Waals surface area (Å²) >= 11 is 5.25. The summed E-state index contributed by atoms with van der Waals surface area (Å²) in [5.74, 6) is -0.0567. The van der Waals surface area contributed by atoms with Crippen LogP contribution in [0.5, 0.6) is 0 Å². The topological polar surface area (TPSA) is 37.4 Å². The Morgan fingerprint density at radius 2 is 1.73 bits per heavy atom. The van der Waals surface area contributed by atoms with Crippen molar-refractivity contribution in [1.82, 2.24) is 4.90 Å². The molecular formula is C11H12ClNO2. The number of halogens is 1. The van der Waals surface area contributed by atoms with E-state index in [0.29, 0.717) is 5.56 Å². The molecule has 0 aliphatic carbocycles. The van der Waals surface area contributed by atoms with Crippen molar-refractivity contribution in [2.45, 2.75) is 6.42 Å². The molecule has 1 aromatic rings. The Morgan fingerprint density at radius 1 is 1.20 bits per heavy atom. The van der Waals surface area contributed by atoms with Gasteiger partial charge in [-0.3, -0.25) is 9.59 Å². The zero-order valence-corrected chi connectivity index (χ0v) is 9.41. The van der Waals surface area contributed by atoms with Crippen LogP contribution in [0.3, 0.4) is 0 Å². The molecule has 0 aliphatic rings. The van der Waals surface area contributed by atoms with E-state index < -0.39 is 5.24 Å². The fraction of sp³-hybridized carbons (Fsp3) is 0.273. The third kappa shape index (κ3) is 3.36. The lowest BCUT2D eigenvalue weighted by Crippen LogP contribution is -2.21. The van der Waals surface area contributed by atoms with E-state index in [0.717, 1.165) is 5.56 Å². The Labute approximate surface area is 93.6 Å². The van der Waals surface area contributed by atoms with Gasteiger partial charge >= 0.3 is 0 Å². The molecule has 0 spiro atoms. The molecule has 0 bridgehead atoms. The van der Waals surface area contributed by atoms with Gasteiger partial charge in [0.2, 0.25) is 5.24 Å². The molecule has 0 saturated carbocycles. The second kappa shape index (κ2) is 4.94. The highest BCUT2D eigenvalue weighted by atomic mass is 35.5. The molecule has 0 atom stereocenters. The highest BCUT2D eigenvalue weighted by Crippen LogP contribution is 2.08. The predicted molar refractivity (Wildman–Crippen MR) is 59.0 cm³/mol. The summed E-state index contributed by atoms with van der Waals surface area (Å²) < 4.78 is 0. The SMILES string of the molecule is CN(C)C(=O)c1ccc(CC(=O)Cl)cc1. The molecule has 0 heterocycles. The standard InChI is InChI=1S/C11H12ClNO2/c1-13(2)11(15)9-5-3-8(4-6-9)7-10(12)14/h3-6H,7H2,1-2H3. The minimum absolute atomic E-state index is 0.0567. The number of hydrogen-bond donors (Lipinski definition) is 0. The van der Waals surface area contributed by atoms with Crippen LogP contribution in [0.4, 0.5) is 0 Å². The maximum absolute atomic E-state index is 11.5. The Hall–Kier alpha value is -1.35. The molecule has 1 amide bonds. The van der Waals surface area contributed by atoms with Crippen molar-refractivity contribution in [2.75, 3.05) is 14.1 Å². The average Bonchev–Trinajstić information content (AvgIpc) is 2.17. The van der Waals surface area contributed by atoms with Gasteiger partial charge < -0.3 is 4.90 Å². The van der Waals surface area contributed by atoms with Crippen molar-refractivity contribution in [2.24, 2.45) is 0 Å². The van der Waals surface area contributed by atoms with Crippen LogP contribution < -0.4 is 0 Å². The molecule has 0 aliphatic heterocycles. The molecule has 0 saturated heterocycles. The van der Waals surface area contributed by atoms with Crippen molar-refractivity contribution in [1.29, 1.82) is 0 Å². The molecule has 0 N–H and O–H groups in total. The van der Waals surface area contributed by atoms with Gasteiger partial charge in [-0.2, -0.15) is 0 Å². The van der Waals surface area contributed by atoms with E-state index in [9.17, 15) is 9.59 Å². The third-order valence-electron chi connectivity index (χ3n) is 1.95. The molecule has 15 heavy (non-hydrogen) atoms. The largest absolute Gasteiger partial charge is 0.345 e. The van der Waals surface area contributed by atoms with E-state index in [1.165, 1.54) is 4.90 Å². The number of carbonyl (C=O) groups excluding carboxylic acids is 2. The van der Waals surface area contributed by atoms with Crippen LogP contribution in [0.1, 0.15) is 15.9 Å². The number of rotatable bonds is 3. The van der Waals surface area contributed by atoms with Crippen molar-refractivity contribution >= 4 is 22.8 Å². The van der Waals surface area contributed by atoms with Crippen molar-refractivity contribution < 1.29 is 9.59 Å². The van der Waals surface area contributed by atoms with E-state index >= 15 is 0 Å². The first kappa shape index (κ1) is 11.7. The van der Waals surface area contributed by atoms with Crippen LogP contribution in [0.15, 0.2) is 24.3 Å². The van der Waals surface area contributed by atoms with E-state index in [1.54, 1.807) is 38.4 Å². The zero-order chi connectivity index (χ0) is 11.4. The summed E-state index contributed by atoms with van der Waals surface area (Å²) in [5, 5.41) is -0.401. The fourth-order valence-electron chi connectivity index (χ4n) is 1.18. The summed E-state index contributed by atoms with van der Waals surface area (Å²) in [6, 6.07) is 6.85. The predicted octanol–water partition coefficient (Wildman–Crippen LogP) is 1.70. The molecule has 1 aromatic carbocycles. The van der Waals surface area contributed by atoms with Gasteiger partial charge in [0, 0.05) is 26.1 Å². The highest BCUT2D eigenvalue weighted by Gasteiger charge is 2.07. The van der Waals surface area contributed by atoms with Gasteiger partial charge in [-0.05, 0) is 29.3 Å². The molecular weight excluding hydrogens is 214 g/mol. The smallest absolute Gasteiger partial charge is 0.253 e. The molecule has 0 fully saturated rings. The molecule has 3 nitrogen and oxygen atoms in total. The zero-order valence-electron chi connectivity index (χ0n) is 8.66. The van der Waals surface area contributed by atoms with E-state index in [1.807, 2.05) is 0 Å². The van der Waals surface area contributed by atoms with Gasteiger partial charge in [0.1, 0.15) is 0 Å². The maximum atomic E-state index is 11.5. The number of benzene rings is 1. The number of amides is 1. The van der Waals surface area contributed by atoms with Crippen LogP contribution in [-0.4, -0.2) is 30.1 Å². The Bertz CT molecular complexity index is 371. The van der Waals surface area contributed by atoms with Gasteiger partial charge in [-0.15, -0.1) is 0 Å². The van der Waals surface area contributed by atoms with Crippen LogP contribution in [0.25, 0.3) is 0 Å². The van der Waals surface area contributed by atoms with Crippen LogP contribution >= 0.6 is 11.6 Å². The van der Waals surface area contributed by atoms with Crippen LogP contribution in [0, 0.1) is 0 Å². The van der Waals surface area contributed by atoms with E-state index in [2.05, 4.69) is 0 Å². The van der Waals surface area contributed by atoms with Crippen LogP contribution in [0.2, 0.25) is 0 Å². The summed E-state index contributed by atoms with van der Waals surface area (Å²) in [4.78, 5) is 23.6. The van der Waals surface area contributed by atoms with Gasteiger partial charge in [0.15, 0.2) is 0 Å². The van der Waals surface area contributed by atoms with Gasteiger partial charge in [0.05, 0.1) is 0 Å². The van der Waals surface area contributed by atoms with Crippen molar-refractivity contribution in [3.8, 4) is 0 Å². The minimum Gasteiger partial charge on any atom is -0.345 e. The van der Waals surface area contributed by atoms with Gasteiger partial charge in [-0.1, -0.05) is 12.1 Å². The fourth-order valence-corrected chi connectivity index (χ4v) is 1.34.